The topological polar surface area (TPSA) is 68.3 Å². The maximum absolute atomic E-state index is 10.7. The van der Waals surface area contributed by atoms with E-state index in [-0.39, 0.29) is 5.69 Å². The van der Waals surface area contributed by atoms with Gasteiger partial charge in [-0.25, -0.2) is 0 Å². The Morgan fingerprint density at radius 3 is 2.72 bits per heavy atom. The number of hydrogen-bond acceptors (Lipinski definition) is 4. The van der Waals surface area contributed by atoms with Crippen LogP contribution in [0.4, 0.5) is 5.69 Å². The van der Waals surface area contributed by atoms with Gasteiger partial charge in [0.25, 0.3) is 5.69 Å². The summed E-state index contributed by atoms with van der Waals surface area (Å²) in [6, 6.07) is 6.78. The van der Waals surface area contributed by atoms with Crippen LogP contribution in [0.5, 0.6) is 0 Å². The summed E-state index contributed by atoms with van der Waals surface area (Å²) >= 11 is 3.26. The molecule has 94 valence electrons. The van der Waals surface area contributed by atoms with Crippen LogP contribution in [-0.4, -0.2) is 4.92 Å². The molecule has 0 saturated carbocycles. The third kappa shape index (κ3) is 3.41. The van der Waals surface area contributed by atoms with Crippen molar-refractivity contribution in [2.45, 2.75) is 13.1 Å². The van der Waals surface area contributed by atoms with Crippen LogP contribution in [0.1, 0.15) is 11.1 Å². The third-order valence-electron chi connectivity index (χ3n) is 2.39. The monoisotopic (exact) mass is 310 g/mol. The smallest absolute Gasteiger partial charge is 0.270 e. The second kappa shape index (κ2) is 5.79. The molecular weight excluding hydrogens is 300 g/mol. The Hall–Kier alpha value is -1.66. The molecule has 1 heterocycles. The molecule has 0 radical (unpaired) electrons. The predicted molar refractivity (Wildman–Crippen MR) is 70.0 cm³/mol. The van der Waals surface area contributed by atoms with E-state index in [1.54, 1.807) is 18.6 Å². The lowest BCUT2D eigenvalue weighted by atomic mass is 10.2. The van der Waals surface area contributed by atoms with E-state index in [4.69, 9.17) is 4.42 Å². The van der Waals surface area contributed by atoms with Gasteiger partial charge in [0.1, 0.15) is 0 Å². The number of furan rings is 1. The quantitative estimate of drug-likeness (QED) is 0.680. The molecule has 0 spiro atoms. The number of hydrogen-bond donors (Lipinski definition) is 1. The highest BCUT2D eigenvalue weighted by atomic mass is 79.9. The van der Waals surface area contributed by atoms with E-state index >= 15 is 0 Å². The van der Waals surface area contributed by atoms with E-state index in [2.05, 4.69) is 21.2 Å². The van der Waals surface area contributed by atoms with Crippen molar-refractivity contribution < 1.29 is 9.34 Å². The molecule has 1 aromatic heterocycles. The van der Waals surface area contributed by atoms with Crippen LogP contribution in [0.25, 0.3) is 0 Å². The number of nitro benzene ring substituents is 1. The van der Waals surface area contributed by atoms with Gasteiger partial charge >= 0.3 is 0 Å². The second-order valence-electron chi connectivity index (χ2n) is 3.81. The number of benzene rings is 1. The summed E-state index contributed by atoms with van der Waals surface area (Å²) in [6.07, 6.45) is 3.28. The van der Waals surface area contributed by atoms with E-state index in [1.165, 1.54) is 6.07 Å². The maximum atomic E-state index is 10.7. The molecule has 6 heteroatoms. The van der Waals surface area contributed by atoms with Gasteiger partial charge in [0.2, 0.25) is 0 Å². The summed E-state index contributed by atoms with van der Waals surface area (Å²) in [4.78, 5) is 10.3. The van der Waals surface area contributed by atoms with E-state index in [0.29, 0.717) is 17.6 Å². The molecule has 0 amide bonds. The van der Waals surface area contributed by atoms with E-state index in [0.717, 1.165) is 11.1 Å². The fourth-order valence-electron chi connectivity index (χ4n) is 1.59. The standard InChI is InChI=1S/C12H11BrN2O3/c13-11-3-10(4-12(5-11)15(16)17)7-14-6-9-1-2-18-8-9/h1-5,8,14H,6-7H2. The predicted octanol–water partition coefficient (Wildman–Crippen LogP) is 3.24. The second-order valence-corrected chi connectivity index (χ2v) is 4.73. The molecule has 0 fully saturated rings. The molecule has 5 nitrogen and oxygen atoms in total. The molecule has 18 heavy (non-hydrogen) atoms. The Balaban J connectivity index is 1.98. The fourth-order valence-corrected chi connectivity index (χ4v) is 2.11. The molecule has 0 atom stereocenters. The van der Waals surface area contributed by atoms with Crippen molar-refractivity contribution in [3.8, 4) is 0 Å². The molecular formula is C12H11BrN2O3. The van der Waals surface area contributed by atoms with Crippen LogP contribution in [0.2, 0.25) is 0 Å². The number of rotatable bonds is 5. The van der Waals surface area contributed by atoms with Crippen molar-refractivity contribution in [2.24, 2.45) is 0 Å². The van der Waals surface area contributed by atoms with Gasteiger partial charge in [-0.3, -0.25) is 10.1 Å². The van der Waals surface area contributed by atoms with Crippen LogP contribution >= 0.6 is 15.9 Å². The van der Waals surface area contributed by atoms with Crippen molar-refractivity contribution in [1.29, 1.82) is 0 Å². The first kappa shape index (κ1) is 12.8. The van der Waals surface area contributed by atoms with Gasteiger partial charge < -0.3 is 9.73 Å². The minimum atomic E-state index is -0.398. The van der Waals surface area contributed by atoms with Crippen LogP contribution in [-0.2, 0) is 13.1 Å². The average Bonchev–Trinajstić information content (AvgIpc) is 2.81. The Morgan fingerprint density at radius 1 is 1.28 bits per heavy atom. The first-order chi connectivity index (χ1) is 8.65. The van der Waals surface area contributed by atoms with Crippen LogP contribution in [0.3, 0.4) is 0 Å². The maximum Gasteiger partial charge on any atom is 0.270 e. The zero-order valence-electron chi connectivity index (χ0n) is 9.43. The Kier molecular flexibility index (Phi) is 4.11. The third-order valence-corrected chi connectivity index (χ3v) is 2.85. The summed E-state index contributed by atoms with van der Waals surface area (Å²) in [5, 5.41) is 13.9. The highest BCUT2D eigenvalue weighted by Crippen LogP contribution is 2.21. The highest BCUT2D eigenvalue weighted by molar-refractivity contribution is 9.10. The van der Waals surface area contributed by atoms with Gasteiger partial charge in [0.15, 0.2) is 0 Å². The Labute approximate surface area is 112 Å². The first-order valence-electron chi connectivity index (χ1n) is 5.31. The number of halogens is 1. The zero-order valence-corrected chi connectivity index (χ0v) is 11.0. The van der Waals surface area contributed by atoms with Crippen molar-refractivity contribution >= 4 is 21.6 Å². The zero-order chi connectivity index (χ0) is 13.0. The average molecular weight is 311 g/mol. The molecule has 0 aliphatic rings. The number of nitrogens with one attached hydrogen (secondary N) is 1. The van der Waals surface area contributed by atoms with Gasteiger partial charge in [0.05, 0.1) is 17.4 Å². The van der Waals surface area contributed by atoms with E-state index in [9.17, 15) is 10.1 Å². The van der Waals surface area contributed by atoms with Crippen molar-refractivity contribution in [3.05, 3.63) is 62.5 Å². The van der Waals surface area contributed by atoms with Crippen LogP contribution < -0.4 is 5.32 Å². The van der Waals surface area contributed by atoms with E-state index < -0.39 is 4.92 Å². The van der Waals surface area contributed by atoms with Crippen LogP contribution in [0, 0.1) is 10.1 Å². The van der Waals surface area contributed by atoms with Gasteiger partial charge in [-0.15, -0.1) is 0 Å². The van der Waals surface area contributed by atoms with Crippen molar-refractivity contribution in [1.82, 2.24) is 5.32 Å². The summed E-state index contributed by atoms with van der Waals surface area (Å²) in [6.45, 7) is 1.22. The molecule has 0 bridgehead atoms. The largest absolute Gasteiger partial charge is 0.472 e. The SMILES string of the molecule is O=[N+]([O-])c1cc(Br)cc(CNCc2ccoc2)c1. The lowest BCUT2D eigenvalue weighted by Crippen LogP contribution is -2.12. The molecule has 0 aliphatic heterocycles. The molecule has 2 aromatic rings. The Morgan fingerprint density at radius 2 is 2.06 bits per heavy atom. The summed E-state index contributed by atoms with van der Waals surface area (Å²) in [5.74, 6) is 0. The highest BCUT2D eigenvalue weighted by Gasteiger charge is 2.08. The molecule has 0 aliphatic carbocycles. The van der Waals surface area contributed by atoms with Crippen molar-refractivity contribution in [3.63, 3.8) is 0 Å². The molecule has 2 rings (SSSR count). The Bertz CT molecular complexity index is 540. The molecule has 0 unspecified atom stereocenters. The first-order valence-corrected chi connectivity index (χ1v) is 6.10. The van der Waals surface area contributed by atoms with Crippen LogP contribution in [0.15, 0.2) is 45.7 Å². The molecule has 0 saturated heterocycles. The summed E-state index contributed by atoms with van der Waals surface area (Å²) < 4.78 is 5.66. The van der Waals surface area contributed by atoms with E-state index in [1.807, 2.05) is 12.1 Å². The minimum Gasteiger partial charge on any atom is -0.472 e. The number of non-ortho nitro benzene ring substituents is 1. The van der Waals surface area contributed by atoms with Crippen molar-refractivity contribution in [2.75, 3.05) is 0 Å². The van der Waals surface area contributed by atoms with Gasteiger partial charge in [-0.2, -0.15) is 0 Å². The number of nitrogens with zero attached hydrogens (tertiary/aromatic N) is 1. The van der Waals surface area contributed by atoms with Gasteiger partial charge in [-0.05, 0) is 17.7 Å². The minimum absolute atomic E-state index is 0.0875. The normalized spacial score (nSPS) is 10.5. The fraction of sp³-hybridized carbons (Fsp3) is 0.167. The summed E-state index contributed by atoms with van der Waals surface area (Å²) in [7, 11) is 0. The van der Waals surface area contributed by atoms with Gasteiger partial charge in [0, 0.05) is 35.3 Å². The summed E-state index contributed by atoms with van der Waals surface area (Å²) in [5.41, 5.74) is 1.99. The lowest BCUT2D eigenvalue weighted by Gasteiger charge is -2.04. The lowest BCUT2D eigenvalue weighted by molar-refractivity contribution is -0.385. The number of nitro groups is 1. The molecule has 1 N–H and O–H groups in total. The van der Waals surface area contributed by atoms with Gasteiger partial charge in [-0.1, -0.05) is 15.9 Å². The molecule has 1 aromatic carbocycles.